The highest BCUT2D eigenvalue weighted by Crippen LogP contribution is 2.35. The molecule has 0 unspecified atom stereocenters. The van der Waals surface area contributed by atoms with Crippen molar-refractivity contribution in [2.24, 2.45) is 0 Å². The number of nitrogen functional groups attached to an aromatic ring is 1. The summed E-state index contributed by atoms with van der Waals surface area (Å²) in [7, 11) is 0. The number of anilines is 1. The van der Waals surface area contributed by atoms with Crippen molar-refractivity contribution < 1.29 is 18.7 Å². The van der Waals surface area contributed by atoms with Gasteiger partial charge in [0, 0.05) is 16.6 Å². The third kappa shape index (κ3) is 5.35. The van der Waals surface area contributed by atoms with Crippen LogP contribution in [0, 0.1) is 0 Å². The van der Waals surface area contributed by atoms with E-state index in [9.17, 15) is 4.79 Å². The van der Waals surface area contributed by atoms with Crippen molar-refractivity contribution in [1.29, 1.82) is 0 Å². The fraction of sp³-hybridized carbons (Fsp3) is 0.640. The summed E-state index contributed by atoms with van der Waals surface area (Å²) in [6.07, 6.45) is 7.82. The number of hydrogen-bond acceptors (Lipinski definition) is 5. The molecule has 6 heteroatoms. The number of carbonyl (C=O) groups excluding carboxylic acids is 1. The van der Waals surface area contributed by atoms with E-state index in [1.807, 2.05) is 40.7 Å². The highest BCUT2D eigenvalue weighted by Gasteiger charge is 2.45. The van der Waals surface area contributed by atoms with Gasteiger partial charge in [-0.05, 0) is 65.5 Å². The minimum Gasteiger partial charge on any atom is -0.464 e. The highest BCUT2D eigenvalue weighted by atomic mass is 16.6. The van der Waals surface area contributed by atoms with E-state index in [0.717, 1.165) is 29.4 Å². The number of ether oxygens (including phenoxy) is 2. The van der Waals surface area contributed by atoms with E-state index >= 15 is 0 Å². The van der Waals surface area contributed by atoms with Crippen LogP contribution >= 0.6 is 0 Å². The van der Waals surface area contributed by atoms with Gasteiger partial charge in [0.25, 0.3) is 0 Å². The van der Waals surface area contributed by atoms with Crippen LogP contribution in [0.2, 0.25) is 0 Å². The molecule has 3 rings (SSSR count). The van der Waals surface area contributed by atoms with Crippen LogP contribution in [-0.4, -0.2) is 35.0 Å². The van der Waals surface area contributed by atoms with E-state index in [4.69, 9.17) is 19.6 Å². The van der Waals surface area contributed by atoms with Gasteiger partial charge in [-0.1, -0.05) is 32.3 Å². The molecule has 1 fully saturated rings. The normalized spacial score (nSPS) is 18.6. The van der Waals surface area contributed by atoms with E-state index < -0.39 is 11.3 Å². The summed E-state index contributed by atoms with van der Waals surface area (Å²) in [5.74, 6) is 0. The molecule has 6 nitrogen and oxygen atoms in total. The zero-order valence-electron chi connectivity index (χ0n) is 19.9. The summed E-state index contributed by atoms with van der Waals surface area (Å²) in [6, 6.07) is 3.89. The van der Waals surface area contributed by atoms with Crippen molar-refractivity contribution in [1.82, 2.24) is 4.90 Å². The summed E-state index contributed by atoms with van der Waals surface area (Å²) >= 11 is 0. The van der Waals surface area contributed by atoms with Gasteiger partial charge in [0.15, 0.2) is 0 Å². The number of unbranched alkanes of at least 4 members (excludes halogenated alkanes) is 3. The maximum atomic E-state index is 12.9. The van der Waals surface area contributed by atoms with Crippen LogP contribution in [0.5, 0.6) is 0 Å². The molecule has 1 aromatic carbocycles. The number of benzene rings is 1. The number of hydrogen-bond donors (Lipinski definition) is 1. The molecule has 31 heavy (non-hydrogen) atoms. The Kier molecular flexibility index (Phi) is 6.89. The zero-order chi connectivity index (χ0) is 22.8. The molecule has 1 aliphatic rings. The van der Waals surface area contributed by atoms with Gasteiger partial charge in [-0.15, -0.1) is 0 Å². The maximum Gasteiger partial charge on any atom is 0.412 e. The minimum atomic E-state index is -0.734. The first kappa shape index (κ1) is 23.5. The molecule has 0 saturated carbocycles. The molecular formula is C25H38N2O4. The van der Waals surface area contributed by atoms with E-state index in [1.165, 1.54) is 24.8 Å². The second-order valence-electron chi connectivity index (χ2n) is 10.1. The lowest BCUT2D eigenvalue weighted by molar-refractivity contribution is -0.0624. The lowest BCUT2D eigenvalue weighted by atomic mass is 9.99. The Balaban J connectivity index is 1.84. The molecule has 2 N–H and O–H groups in total. The summed E-state index contributed by atoms with van der Waals surface area (Å²) in [5, 5.41) is 0.960. The topological polar surface area (TPSA) is 77.9 Å². The molecule has 1 atom stereocenters. The number of aryl methyl sites for hydroxylation is 1. The predicted octanol–water partition coefficient (Wildman–Crippen LogP) is 6.05. The molecule has 1 saturated heterocycles. The maximum absolute atomic E-state index is 12.9. The highest BCUT2D eigenvalue weighted by molar-refractivity contribution is 5.94. The Morgan fingerprint density at radius 1 is 1.23 bits per heavy atom. The summed E-state index contributed by atoms with van der Waals surface area (Å²) in [6.45, 7) is 12.1. The number of amides is 1. The van der Waals surface area contributed by atoms with Crippen molar-refractivity contribution >= 4 is 22.7 Å². The van der Waals surface area contributed by atoms with Crippen molar-refractivity contribution in [3.05, 3.63) is 29.5 Å². The number of fused-ring (bicyclic) bond motifs is 1. The number of nitrogens with zero attached hydrogens (tertiary/aromatic N) is 1. The number of furan rings is 1. The molecule has 0 radical (unpaired) electrons. The lowest BCUT2D eigenvalue weighted by Gasteiger charge is -2.35. The molecule has 2 heterocycles. The summed E-state index contributed by atoms with van der Waals surface area (Å²) < 4.78 is 17.6. The van der Waals surface area contributed by atoms with E-state index in [1.54, 1.807) is 11.2 Å². The molecule has 2 aromatic rings. The van der Waals surface area contributed by atoms with Gasteiger partial charge in [-0.25, -0.2) is 4.79 Å². The zero-order valence-corrected chi connectivity index (χ0v) is 19.9. The summed E-state index contributed by atoms with van der Waals surface area (Å²) in [4.78, 5) is 14.7. The third-order valence-corrected chi connectivity index (χ3v) is 5.83. The Hall–Kier alpha value is -2.21. The van der Waals surface area contributed by atoms with Crippen LogP contribution < -0.4 is 5.73 Å². The van der Waals surface area contributed by atoms with Crippen LogP contribution in [0.1, 0.15) is 78.4 Å². The number of carbonyl (C=O) groups is 1. The molecule has 1 aromatic heterocycles. The molecule has 0 aliphatic carbocycles. The average molecular weight is 431 g/mol. The van der Waals surface area contributed by atoms with Crippen LogP contribution in [-0.2, 0) is 22.3 Å². The van der Waals surface area contributed by atoms with Crippen LogP contribution in [0.4, 0.5) is 10.5 Å². The predicted molar refractivity (Wildman–Crippen MR) is 124 cm³/mol. The van der Waals surface area contributed by atoms with Gasteiger partial charge < -0.3 is 19.6 Å². The van der Waals surface area contributed by atoms with Crippen LogP contribution in [0.25, 0.3) is 11.0 Å². The quantitative estimate of drug-likeness (QED) is 0.427. The molecule has 1 amide bonds. The van der Waals surface area contributed by atoms with E-state index in [0.29, 0.717) is 18.7 Å². The monoisotopic (exact) mass is 430 g/mol. The third-order valence-electron chi connectivity index (χ3n) is 5.83. The first-order valence-electron chi connectivity index (χ1n) is 11.5. The fourth-order valence-corrected chi connectivity index (χ4v) is 4.35. The van der Waals surface area contributed by atoms with Crippen LogP contribution in [0.15, 0.2) is 22.8 Å². The van der Waals surface area contributed by atoms with Gasteiger partial charge in [0.2, 0.25) is 0 Å². The van der Waals surface area contributed by atoms with Crippen LogP contribution in [0.3, 0.4) is 0 Å². The number of nitrogens with two attached hydrogens (primary N) is 1. The van der Waals surface area contributed by atoms with Gasteiger partial charge in [-0.2, -0.15) is 0 Å². The Morgan fingerprint density at radius 2 is 1.97 bits per heavy atom. The Bertz CT molecular complexity index is 910. The largest absolute Gasteiger partial charge is 0.464 e. The summed E-state index contributed by atoms with van der Waals surface area (Å²) in [5.41, 5.74) is 8.82. The van der Waals surface area contributed by atoms with Crippen molar-refractivity contribution in [3.8, 4) is 0 Å². The van der Waals surface area contributed by atoms with Crippen molar-refractivity contribution in [2.75, 3.05) is 12.3 Å². The minimum absolute atomic E-state index is 0.154. The fourth-order valence-electron chi connectivity index (χ4n) is 4.35. The van der Waals surface area contributed by atoms with E-state index in [-0.39, 0.29) is 12.1 Å². The molecule has 1 aliphatic heterocycles. The SMILES string of the molecule is CCCCCCc1ccc(N)c2c(C[C@H]3COC(C)(C)N3C(=O)OC(C)(C)C)coc12. The van der Waals surface area contributed by atoms with Gasteiger partial charge >= 0.3 is 6.09 Å². The number of rotatable bonds is 7. The van der Waals surface area contributed by atoms with Crippen molar-refractivity contribution in [2.45, 2.75) is 97.4 Å². The molecule has 0 bridgehead atoms. The van der Waals surface area contributed by atoms with Gasteiger partial charge in [-0.3, -0.25) is 4.90 Å². The first-order chi connectivity index (χ1) is 14.5. The molecule has 172 valence electrons. The molecular weight excluding hydrogens is 392 g/mol. The molecule has 0 spiro atoms. The Morgan fingerprint density at radius 3 is 2.65 bits per heavy atom. The second-order valence-corrected chi connectivity index (χ2v) is 10.1. The average Bonchev–Trinajstić information content (AvgIpc) is 3.21. The standard InChI is InChI=1S/C25H38N2O4/c1-7-8-9-10-11-17-12-13-20(26)21-18(15-29-22(17)21)14-19-16-30-25(5,6)27(19)23(28)31-24(2,3)4/h12-13,15,19H,7-11,14,16,26H2,1-6H3/t19-/m0/s1. The van der Waals surface area contributed by atoms with E-state index in [2.05, 4.69) is 13.0 Å². The first-order valence-corrected chi connectivity index (χ1v) is 11.5. The second kappa shape index (κ2) is 9.11. The Labute approximate surface area is 186 Å². The van der Waals surface area contributed by atoms with Gasteiger partial charge in [0.05, 0.1) is 18.9 Å². The smallest absolute Gasteiger partial charge is 0.412 e. The van der Waals surface area contributed by atoms with Crippen molar-refractivity contribution in [3.63, 3.8) is 0 Å². The van der Waals surface area contributed by atoms with Gasteiger partial charge in [0.1, 0.15) is 16.9 Å². The lowest BCUT2D eigenvalue weighted by Crippen LogP contribution is -2.50.